The van der Waals surface area contributed by atoms with E-state index in [1.807, 2.05) is 27.7 Å². The second-order valence-corrected chi connectivity index (χ2v) is 4.20. The molecule has 0 saturated heterocycles. The van der Waals surface area contributed by atoms with Gasteiger partial charge in [0, 0.05) is 18.6 Å². The highest BCUT2D eigenvalue weighted by Crippen LogP contribution is 2.01. The van der Waals surface area contributed by atoms with Crippen LogP contribution in [-0.4, -0.2) is 40.8 Å². The van der Waals surface area contributed by atoms with Gasteiger partial charge in [0.15, 0.2) is 0 Å². The van der Waals surface area contributed by atoms with Crippen LogP contribution in [0.4, 0.5) is 4.79 Å². The molecular weight excluding hydrogens is 180 g/mol. The summed E-state index contributed by atoms with van der Waals surface area (Å²) in [5.74, 6) is 0. The van der Waals surface area contributed by atoms with Crippen molar-refractivity contribution in [1.29, 1.82) is 0 Å². The fraction of sp³-hybridized carbons (Fsp3) is 0.900. The van der Waals surface area contributed by atoms with Crippen LogP contribution < -0.4 is 5.32 Å². The molecule has 0 radical (unpaired) electrons. The summed E-state index contributed by atoms with van der Waals surface area (Å²) >= 11 is 0. The lowest BCUT2D eigenvalue weighted by Crippen LogP contribution is -2.48. The number of hydrogen-bond donors (Lipinski definition) is 2. The maximum absolute atomic E-state index is 11.6. The van der Waals surface area contributed by atoms with Crippen LogP contribution in [0.3, 0.4) is 0 Å². The van der Waals surface area contributed by atoms with Gasteiger partial charge in [0.2, 0.25) is 0 Å². The molecule has 0 aliphatic rings. The van der Waals surface area contributed by atoms with E-state index < -0.39 is 6.10 Å². The Morgan fingerprint density at radius 1 is 1.29 bits per heavy atom. The number of nitrogens with one attached hydrogen (secondary N) is 1. The average Bonchev–Trinajstić information content (AvgIpc) is 1.97. The van der Waals surface area contributed by atoms with Crippen LogP contribution in [0.15, 0.2) is 0 Å². The number of urea groups is 1. The van der Waals surface area contributed by atoms with Crippen LogP contribution in [0.2, 0.25) is 0 Å². The van der Waals surface area contributed by atoms with Crippen LogP contribution >= 0.6 is 0 Å². The molecule has 0 aromatic rings. The minimum Gasteiger partial charge on any atom is -0.392 e. The van der Waals surface area contributed by atoms with Crippen molar-refractivity contribution in [3.8, 4) is 0 Å². The molecule has 14 heavy (non-hydrogen) atoms. The van der Waals surface area contributed by atoms with Crippen molar-refractivity contribution in [2.45, 2.75) is 52.8 Å². The standard InChI is InChI=1S/C10H22N2O2/c1-7(2)11-10(14)12(8(3)4)6-9(5)13/h7-9,13H,6H2,1-5H3,(H,11,14)/t9-/m1/s1. The van der Waals surface area contributed by atoms with Gasteiger partial charge < -0.3 is 15.3 Å². The highest BCUT2D eigenvalue weighted by atomic mass is 16.3. The van der Waals surface area contributed by atoms with Crippen molar-refractivity contribution in [1.82, 2.24) is 10.2 Å². The Kier molecular flexibility index (Phi) is 5.53. The van der Waals surface area contributed by atoms with Crippen LogP contribution in [0.5, 0.6) is 0 Å². The van der Waals surface area contributed by atoms with Crippen molar-refractivity contribution in [3.63, 3.8) is 0 Å². The lowest BCUT2D eigenvalue weighted by molar-refractivity contribution is 0.118. The van der Waals surface area contributed by atoms with E-state index in [0.29, 0.717) is 6.54 Å². The average molecular weight is 202 g/mol. The summed E-state index contributed by atoms with van der Waals surface area (Å²) in [5.41, 5.74) is 0. The molecule has 1 atom stereocenters. The number of amides is 2. The molecule has 0 aliphatic heterocycles. The second-order valence-electron chi connectivity index (χ2n) is 4.20. The molecule has 0 fully saturated rings. The summed E-state index contributed by atoms with van der Waals surface area (Å²) in [7, 11) is 0. The molecule has 4 nitrogen and oxygen atoms in total. The van der Waals surface area contributed by atoms with Gasteiger partial charge in [-0.2, -0.15) is 0 Å². The number of carbonyl (C=O) groups excluding carboxylic acids is 1. The fourth-order valence-corrected chi connectivity index (χ4v) is 1.14. The Bertz CT molecular complexity index is 179. The molecular formula is C10H22N2O2. The van der Waals surface area contributed by atoms with Gasteiger partial charge in [-0.05, 0) is 34.6 Å². The van der Waals surface area contributed by atoms with E-state index in [0.717, 1.165) is 0 Å². The van der Waals surface area contributed by atoms with E-state index in [9.17, 15) is 9.90 Å². The third-order valence-corrected chi connectivity index (χ3v) is 1.76. The molecule has 4 heteroatoms. The predicted octanol–water partition coefficient (Wildman–Crippen LogP) is 1.20. The van der Waals surface area contributed by atoms with Crippen molar-refractivity contribution in [2.24, 2.45) is 0 Å². The van der Waals surface area contributed by atoms with Crippen molar-refractivity contribution >= 4 is 6.03 Å². The molecule has 2 amide bonds. The largest absolute Gasteiger partial charge is 0.392 e. The van der Waals surface area contributed by atoms with E-state index in [4.69, 9.17) is 0 Å². The first-order chi connectivity index (χ1) is 6.34. The van der Waals surface area contributed by atoms with Crippen LogP contribution in [0.1, 0.15) is 34.6 Å². The van der Waals surface area contributed by atoms with Gasteiger partial charge in [0.1, 0.15) is 0 Å². The highest BCUT2D eigenvalue weighted by molar-refractivity contribution is 5.74. The molecule has 0 bridgehead atoms. The lowest BCUT2D eigenvalue weighted by atomic mass is 10.3. The first-order valence-corrected chi connectivity index (χ1v) is 5.09. The summed E-state index contributed by atoms with van der Waals surface area (Å²) in [4.78, 5) is 13.3. The maximum atomic E-state index is 11.6. The Morgan fingerprint density at radius 3 is 2.07 bits per heavy atom. The third-order valence-electron chi connectivity index (χ3n) is 1.76. The Hall–Kier alpha value is -0.770. The molecule has 2 N–H and O–H groups in total. The SMILES string of the molecule is CC(C)NC(=O)N(C[C@@H](C)O)C(C)C. The Balaban J connectivity index is 4.26. The van der Waals surface area contributed by atoms with Gasteiger partial charge in [-0.15, -0.1) is 0 Å². The first-order valence-electron chi connectivity index (χ1n) is 5.09. The zero-order valence-electron chi connectivity index (χ0n) is 9.74. The third kappa shape index (κ3) is 5.07. The fourth-order valence-electron chi connectivity index (χ4n) is 1.14. The first kappa shape index (κ1) is 13.2. The zero-order valence-corrected chi connectivity index (χ0v) is 9.74. The highest BCUT2D eigenvalue weighted by Gasteiger charge is 2.18. The molecule has 0 aromatic heterocycles. The van der Waals surface area contributed by atoms with Gasteiger partial charge in [0.05, 0.1) is 6.10 Å². The quantitative estimate of drug-likeness (QED) is 0.719. The molecule has 0 heterocycles. The van der Waals surface area contributed by atoms with Crippen molar-refractivity contribution in [3.05, 3.63) is 0 Å². The lowest BCUT2D eigenvalue weighted by Gasteiger charge is -2.29. The molecule has 0 saturated carbocycles. The van der Waals surface area contributed by atoms with Gasteiger partial charge in [-0.1, -0.05) is 0 Å². The summed E-state index contributed by atoms with van der Waals surface area (Å²) in [6.45, 7) is 9.75. The van der Waals surface area contributed by atoms with Gasteiger partial charge >= 0.3 is 6.03 Å². The van der Waals surface area contributed by atoms with E-state index in [-0.39, 0.29) is 18.1 Å². The summed E-state index contributed by atoms with van der Waals surface area (Å²) in [5, 5.41) is 12.0. The Morgan fingerprint density at radius 2 is 1.79 bits per heavy atom. The number of carbonyl (C=O) groups is 1. The number of aliphatic hydroxyl groups is 1. The predicted molar refractivity (Wildman–Crippen MR) is 57.2 cm³/mol. The Labute approximate surface area is 86.3 Å². The van der Waals surface area contributed by atoms with Gasteiger partial charge in [0.25, 0.3) is 0 Å². The van der Waals surface area contributed by atoms with Crippen LogP contribution in [0, 0.1) is 0 Å². The molecule has 0 unspecified atom stereocenters. The van der Waals surface area contributed by atoms with E-state index in [2.05, 4.69) is 5.32 Å². The molecule has 0 spiro atoms. The molecule has 0 aromatic carbocycles. The normalized spacial score (nSPS) is 13.1. The maximum Gasteiger partial charge on any atom is 0.317 e. The van der Waals surface area contributed by atoms with Crippen molar-refractivity contribution in [2.75, 3.05) is 6.54 Å². The minimum atomic E-state index is -0.490. The second kappa shape index (κ2) is 5.86. The summed E-state index contributed by atoms with van der Waals surface area (Å²) in [6.07, 6.45) is -0.490. The summed E-state index contributed by atoms with van der Waals surface area (Å²) in [6, 6.07) is 0.108. The van der Waals surface area contributed by atoms with Gasteiger partial charge in [-0.3, -0.25) is 0 Å². The number of hydrogen-bond acceptors (Lipinski definition) is 2. The smallest absolute Gasteiger partial charge is 0.317 e. The van der Waals surface area contributed by atoms with Gasteiger partial charge in [-0.25, -0.2) is 4.79 Å². The number of rotatable bonds is 4. The number of aliphatic hydroxyl groups excluding tert-OH is 1. The summed E-state index contributed by atoms with van der Waals surface area (Å²) < 4.78 is 0. The van der Waals surface area contributed by atoms with E-state index >= 15 is 0 Å². The van der Waals surface area contributed by atoms with Crippen LogP contribution in [0.25, 0.3) is 0 Å². The van der Waals surface area contributed by atoms with Crippen LogP contribution in [-0.2, 0) is 0 Å². The molecule has 0 rings (SSSR count). The topological polar surface area (TPSA) is 52.6 Å². The number of nitrogens with zero attached hydrogens (tertiary/aromatic N) is 1. The zero-order chi connectivity index (χ0) is 11.3. The minimum absolute atomic E-state index is 0.100. The van der Waals surface area contributed by atoms with Crippen molar-refractivity contribution < 1.29 is 9.90 Å². The molecule has 0 aliphatic carbocycles. The van der Waals surface area contributed by atoms with E-state index in [1.54, 1.807) is 11.8 Å². The monoisotopic (exact) mass is 202 g/mol. The van der Waals surface area contributed by atoms with E-state index in [1.165, 1.54) is 0 Å². The molecule has 84 valence electrons.